The highest BCUT2D eigenvalue weighted by molar-refractivity contribution is 6.00. The second-order valence-electron chi connectivity index (χ2n) is 8.79. The normalized spacial score (nSPS) is 15.7. The topological polar surface area (TPSA) is 73.1 Å². The fourth-order valence-electron chi connectivity index (χ4n) is 4.64. The summed E-state index contributed by atoms with van der Waals surface area (Å²) in [7, 11) is 0. The van der Waals surface area contributed by atoms with E-state index in [0.29, 0.717) is 37.3 Å². The molecule has 3 aromatic carbocycles. The second-order valence-corrected chi connectivity index (χ2v) is 8.79. The fraction of sp³-hybridized carbons (Fsp3) is 0.214. The molecule has 4 aromatic rings. The molecular formula is C28H24FN5O. The van der Waals surface area contributed by atoms with Gasteiger partial charge in [0.25, 0.3) is 0 Å². The van der Waals surface area contributed by atoms with E-state index in [1.165, 1.54) is 12.1 Å². The number of nitriles is 1. The van der Waals surface area contributed by atoms with Crippen LogP contribution in [0.1, 0.15) is 18.1 Å². The summed E-state index contributed by atoms with van der Waals surface area (Å²) in [6, 6.07) is 23.5. The quantitative estimate of drug-likeness (QED) is 0.441. The molecule has 1 fully saturated rings. The first kappa shape index (κ1) is 22.5. The number of nitrogens with zero attached hydrogens (tertiary/aromatic N) is 5. The number of amides is 1. The number of hydrogen-bond donors (Lipinski definition) is 0. The van der Waals surface area contributed by atoms with Gasteiger partial charge in [-0.1, -0.05) is 36.4 Å². The predicted molar refractivity (Wildman–Crippen MR) is 133 cm³/mol. The zero-order chi connectivity index (χ0) is 24.4. The smallest absolute Gasteiger partial charge is 0.227 e. The Morgan fingerprint density at radius 3 is 2.40 bits per heavy atom. The van der Waals surface area contributed by atoms with Gasteiger partial charge >= 0.3 is 0 Å². The summed E-state index contributed by atoms with van der Waals surface area (Å²) in [6.07, 6.45) is 0.311. The summed E-state index contributed by atoms with van der Waals surface area (Å²) < 4.78 is 13.4. The summed E-state index contributed by atoms with van der Waals surface area (Å²) >= 11 is 0. The van der Waals surface area contributed by atoms with Crippen LogP contribution in [0.5, 0.6) is 0 Å². The molecule has 0 spiro atoms. The Kier molecular flexibility index (Phi) is 6.11. The van der Waals surface area contributed by atoms with E-state index >= 15 is 0 Å². The third-order valence-electron chi connectivity index (χ3n) is 6.47. The summed E-state index contributed by atoms with van der Waals surface area (Å²) in [6.45, 7) is 3.93. The van der Waals surface area contributed by atoms with Gasteiger partial charge in [0.1, 0.15) is 11.5 Å². The van der Waals surface area contributed by atoms with E-state index in [2.05, 4.69) is 21.2 Å². The maximum Gasteiger partial charge on any atom is 0.227 e. The predicted octanol–water partition coefficient (Wildman–Crippen LogP) is 4.59. The molecule has 5 rings (SSSR count). The van der Waals surface area contributed by atoms with Gasteiger partial charge in [0.15, 0.2) is 5.82 Å². The van der Waals surface area contributed by atoms with Crippen LogP contribution in [0.3, 0.4) is 0 Å². The van der Waals surface area contributed by atoms with Crippen LogP contribution < -0.4 is 4.90 Å². The van der Waals surface area contributed by atoms with E-state index in [1.807, 2.05) is 48.2 Å². The number of hydrogen-bond acceptors (Lipinski definition) is 5. The number of piperazine rings is 1. The molecule has 0 bridgehead atoms. The Morgan fingerprint density at radius 2 is 1.71 bits per heavy atom. The van der Waals surface area contributed by atoms with Gasteiger partial charge in [-0.25, -0.2) is 4.39 Å². The van der Waals surface area contributed by atoms with E-state index in [-0.39, 0.29) is 17.8 Å². The number of fused-ring (bicyclic) bond motifs is 1. The molecule has 1 aliphatic rings. The van der Waals surface area contributed by atoms with Gasteiger partial charge in [-0.3, -0.25) is 4.79 Å². The van der Waals surface area contributed by atoms with Gasteiger partial charge in [0.05, 0.1) is 18.1 Å². The first-order valence-electron chi connectivity index (χ1n) is 11.6. The number of rotatable bonds is 4. The second kappa shape index (κ2) is 9.51. The molecule has 1 aliphatic heterocycles. The van der Waals surface area contributed by atoms with Crippen molar-refractivity contribution in [1.82, 2.24) is 15.1 Å². The fourth-order valence-corrected chi connectivity index (χ4v) is 4.64. The number of halogens is 1. The minimum atomic E-state index is -0.289. The summed E-state index contributed by atoms with van der Waals surface area (Å²) in [4.78, 5) is 17.1. The Labute approximate surface area is 203 Å². The minimum Gasteiger partial charge on any atom is -0.351 e. The lowest BCUT2D eigenvalue weighted by Gasteiger charge is -2.40. The molecule has 0 radical (unpaired) electrons. The van der Waals surface area contributed by atoms with Crippen molar-refractivity contribution in [2.45, 2.75) is 19.4 Å². The maximum absolute atomic E-state index is 13.4. The van der Waals surface area contributed by atoms with Crippen molar-refractivity contribution < 1.29 is 9.18 Å². The number of carbonyl (C=O) groups excluding carboxylic acids is 1. The van der Waals surface area contributed by atoms with Crippen molar-refractivity contribution >= 4 is 22.5 Å². The summed E-state index contributed by atoms with van der Waals surface area (Å²) in [5.74, 6) is 0.574. The molecule has 35 heavy (non-hydrogen) atoms. The average Bonchev–Trinajstić information content (AvgIpc) is 2.89. The molecule has 2 heterocycles. The van der Waals surface area contributed by atoms with Crippen LogP contribution in [0.25, 0.3) is 22.0 Å². The van der Waals surface area contributed by atoms with Crippen LogP contribution in [0.15, 0.2) is 72.8 Å². The number of benzene rings is 3. The van der Waals surface area contributed by atoms with Gasteiger partial charge in [0.2, 0.25) is 5.91 Å². The lowest BCUT2D eigenvalue weighted by atomic mass is 10.0. The van der Waals surface area contributed by atoms with Crippen LogP contribution in [-0.4, -0.2) is 46.7 Å². The monoisotopic (exact) mass is 465 g/mol. The summed E-state index contributed by atoms with van der Waals surface area (Å²) in [5.41, 5.74) is 3.01. The van der Waals surface area contributed by atoms with Crippen LogP contribution in [0.2, 0.25) is 0 Å². The Balaban J connectivity index is 1.35. The minimum absolute atomic E-state index is 0.00645. The van der Waals surface area contributed by atoms with Crippen LogP contribution in [0, 0.1) is 17.1 Å². The first-order chi connectivity index (χ1) is 17.0. The van der Waals surface area contributed by atoms with Gasteiger partial charge in [0, 0.05) is 42.0 Å². The molecule has 1 saturated heterocycles. The number of aromatic nitrogens is 2. The van der Waals surface area contributed by atoms with E-state index in [1.54, 1.807) is 24.3 Å². The molecule has 174 valence electrons. The van der Waals surface area contributed by atoms with Crippen molar-refractivity contribution in [1.29, 1.82) is 5.26 Å². The molecule has 0 aliphatic carbocycles. The Morgan fingerprint density at radius 1 is 1.00 bits per heavy atom. The molecule has 0 unspecified atom stereocenters. The average molecular weight is 466 g/mol. The lowest BCUT2D eigenvalue weighted by molar-refractivity contribution is -0.132. The van der Waals surface area contributed by atoms with Gasteiger partial charge in [-0.2, -0.15) is 5.26 Å². The number of anilines is 1. The molecule has 6 nitrogen and oxygen atoms in total. The number of carbonyl (C=O) groups is 1. The van der Waals surface area contributed by atoms with Crippen molar-refractivity contribution in [2.24, 2.45) is 0 Å². The van der Waals surface area contributed by atoms with Crippen LogP contribution >= 0.6 is 0 Å². The Bertz CT molecular complexity index is 1410. The van der Waals surface area contributed by atoms with Gasteiger partial charge in [-0.15, -0.1) is 10.2 Å². The standard InChI is InChI=1S/C28H24FN5O/c1-19-18-33(14-15-34(19)26(35)16-20-6-8-21(17-30)9-7-20)28-25-5-3-2-4-24(25)27(31-32-28)22-10-12-23(29)13-11-22/h2-13,19H,14-16,18H2,1H3/t19-/m0/s1. The highest BCUT2D eigenvalue weighted by atomic mass is 19.1. The van der Waals surface area contributed by atoms with Crippen LogP contribution in [0.4, 0.5) is 10.2 Å². The molecule has 7 heteroatoms. The Hall–Kier alpha value is -4.31. The van der Waals surface area contributed by atoms with Crippen molar-refractivity contribution in [3.05, 3.63) is 89.7 Å². The largest absolute Gasteiger partial charge is 0.351 e. The highest BCUT2D eigenvalue weighted by Crippen LogP contribution is 2.32. The van der Waals surface area contributed by atoms with E-state index in [0.717, 1.165) is 27.7 Å². The zero-order valence-corrected chi connectivity index (χ0v) is 19.4. The van der Waals surface area contributed by atoms with Gasteiger partial charge < -0.3 is 9.80 Å². The maximum atomic E-state index is 13.4. The highest BCUT2D eigenvalue weighted by Gasteiger charge is 2.29. The molecular weight excluding hydrogens is 441 g/mol. The lowest BCUT2D eigenvalue weighted by Crippen LogP contribution is -2.54. The molecule has 0 saturated carbocycles. The zero-order valence-electron chi connectivity index (χ0n) is 19.4. The molecule has 1 atom stereocenters. The van der Waals surface area contributed by atoms with Crippen molar-refractivity contribution in [2.75, 3.05) is 24.5 Å². The van der Waals surface area contributed by atoms with E-state index in [4.69, 9.17) is 5.26 Å². The van der Waals surface area contributed by atoms with E-state index in [9.17, 15) is 9.18 Å². The molecule has 1 amide bonds. The third-order valence-corrected chi connectivity index (χ3v) is 6.47. The van der Waals surface area contributed by atoms with Crippen molar-refractivity contribution in [3.63, 3.8) is 0 Å². The third kappa shape index (κ3) is 4.56. The SMILES string of the molecule is C[C@H]1CN(c2nnc(-c3ccc(F)cc3)c3ccccc23)CCN1C(=O)Cc1ccc(C#N)cc1. The van der Waals surface area contributed by atoms with Crippen molar-refractivity contribution in [3.8, 4) is 17.3 Å². The van der Waals surface area contributed by atoms with Gasteiger partial charge in [-0.05, 0) is 48.9 Å². The summed E-state index contributed by atoms with van der Waals surface area (Å²) in [5, 5.41) is 20.0. The van der Waals surface area contributed by atoms with Crippen LogP contribution in [-0.2, 0) is 11.2 Å². The first-order valence-corrected chi connectivity index (χ1v) is 11.6. The van der Waals surface area contributed by atoms with E-state index < -0.39 is 0 Å². The molecule has 0 N–H and O–H groups in total. The molecule has 1 aromatic heterocycles.